The Kier molecular flexibility index (Phi) is 4.46. The van der Waals surface area contributed by atoms with Crippen molar-refractivity contribution in [3.63, 3.8) is 0 Å². The van der Waals surface area contributed by atoms with E-state index >= 15 is 0 Å². The second-order valence-corrected chi connectivity index (χ2v) is 5.76. The van der Waals surface area contributed by atoms with Gasteiger partial charge in [0, 0.05) is 11.3 Å². The highest BCUT2D eigenvalue weighted by molar-refractivity contribution is 7.71. The second kappa shape index (κ2) is 6.68. The fourth-order valence-electron chi connectivity index (χ4n) is 2.47. The zero-order valence-corrected chi connectivity index (χ0v) is 13.3. The van der Waals surface area contributed by atoms with E-state index < -0.39 is 0 Å². The van der Waals surface area contributed by atoms with Gasteiger partial charge in [0.05, 0.1) is 7.05 Å². The minimum Gasteiger partial charge on any atom is -0.315 e. The molecule has 112 valence electrons. The summed E-state index contributed by atoms with van der Waals surface area (Å²) in [6, 6.07) is 20.5. The van der Waals surface area contributed by atoms with E-state index in [2.05, 4.69) is 36.4 Å². The van der Waals surface area contributed by atoms with Crippen molar-refractivity contribution in [2.45, 2.75) is 13.2 Å². The Morgan fingerprint density at radius 3 is 2.32 bits per heavy atom. The van der Waals surface area contributed by atoms with Crippen molar-refractivity contribution in [2.24, 2.45) is 0 Å². The molecule has 22 heavy (non-hydrogen) atoms. The third-order valence-corrected chi connectivity index (χ3v) is 3.94. The Labute approximate surface area is 135 Å². The van der Waals surface area contributed by atoms with Gasteiger partial charge in [0.2, 0.25) is 4.77 Å². The standard InChI is InChI=1S/C17H18N4S/c1-19(12-15-8-4-2-5-9-15)14-21-17(22)20(13-18-21)16-10-6-3-7-11-16/h2-11,13H,12,14H2,1H3/p+1. The number of hydrogen-bond acceptors (Lipinski definition) is 2. The lowest BCUT2D eigenvalue weighted by molar-refractivity contribution is -0.917. The first-order chi connectivity index (χ1) is 10.7. The molecule has 0 radical (unpaired) electrons. The summed E-state index contributed by atoms with van der Waals surface area (Å²) >= 11 is 5.54. The molecule has 1 atom stereocenters. The lowest BCUT2D eigenvalue weighted by Gasteiger charge is -2.13. The number of hydrogen-bond donors (Lipinski definition) is 1. The van der Waals surface area contributed by atoms with Crippen LogP contribution in [-0.4, -0.2) is 21.4 Å². The number of aromatic nitrogens is 3. The molecule has 4 nitrogen and oxygen atoms in total. The Balaban J connectivity index is 1.74. The Morgan fingerprint density at radius 1 is 1.00 bits per heavy atom. The van der Waals surface area contributed by atoms with Gasteiger partial charge in [-0.1, -0.05) is 48.5 Å². The van der Waals surface area contributed by atoms with E-state index in [1.54, 1.807) is 6.33 Å². The fraction of sp³-hybridized carbons (Fsp3) is 0.176. The first-order valence-electron chi connectivity index (χ1n) is 7.29. The minimum atomic E-state index is 0.721. The van der Waals surface area contributed by atoms with Gasteiger partial charge in [0.25, 0.3) is 0 Å². The van der Waals surface area contributed by atoms with Gasteiger partial charge in [0.15, 0.2) is 6.67 Å². The van der Waals surface area contributed by atoms with E-state index in [4.69, 9.17) is 12.2 Å². The molecule has 1 N–H and O–H groups in total. The molecule has 3 aromatic rings. The zero-order valence-electron chi connectivity index (χ0n) is 12.5. The van der Waals surface area contributed by atoms with E-state index in [0.717, 1.165) is 23.7 Å². The molecule has 3 rings (SSSR count). The van der Waals surface area contributed by atoms with E-state index in [0.29, 0.717) is 0 Å². The number of para-hydroxylation sites is 1. The second-order valence-electron chi connectivity index (χ2n) is 5.40. The quantitative estimate of drug-likeness (QED) is 0.731. The molecule has 2 aromatic carbocycles. The number of quaternary nitrogens is 1. The van der Waals surface area contributed by atoms with Crippen LogP contribution >= 0.6 is 12.2 Å². The molecule has 0 aliphatic heterocycles. The molecule has 0 spiro atoms. The lowest BCUT2D eigenvalue weighted by atomic mass is 10.2. The summed E-state index contributed by atoms with van der Waals surface area (Å²) in [4.78, 5) is 1.33. The SMILES string of the molecule is C[NH+](Cc1ccccc1)Cn1ncn(-c2ccccc2)c1=S. The largest absolute Gasteiger partial charge is 0.315 e. The van der Waals surface area contributed by atoms with Crippen LogP contribution < -0.4 is 4.90 Å². The van der Waals surface area contributed by atoms with Crippen LogP contribution in [0.25, 0.3) is 5.69 Å². The van der Waals surface area contributed by atoms with Crippen molar-refractivity contribution in [3.05, 3.63) is 77.3 Å². The van der Waals surface area contributed by atoms with Gasteiger partial charge in [-0.2, -0.15) is 9.78 Å². The summed E-state index contributed by atoms with van der Waals surface area (Å²) in [6.07, 6.45) is 1.79. The van der Waals surface area contributed by atoms with E-state index in [1.807, 2.05) is 45.6 Å². The maximum atomic E-state index is 5.54. The molecule has 0 saturated carbocycles. The highest BCUT2D eigenvalue weighted by atomic mass is 32.1. The molecular formula is C17H19N4S+. The topological polar surface area (TPSA) is 27.2 Å². The molecule has 0 fully saturated rings. The first-order valence-corrected chi connectivity index (χ1v) is 7.70. The van der Waals surface area contributed by atoms with Crippen molar-refractivity contribution < 1.29 is 4.90 Å². The summed E-state index contributed by atoms with van der Waals surface area (Å²) in [6.45, 7) is 1.69. The number of benzene rings is 2. The fourth-order valence-corrected chi connectivity index (χ4v) is 2.73. The summed E-state index contributed by atoms with van der Waals surface area (Å²) < 4.78 is 4.53. The maximum absolute atomic E-state index is 5.54. The van der Waals surface area contributed by atoms with Gasteiger partial charge in [-0.25, -0.2) is 0 Å². The lowest BCUT2D eigenvalue weighted by Crippen LogP contribution is -3.07. The Bertz CT molecular complexity index is 777. The van der Waals surface area contributed by atoms with Crippen molar-refractivity contribution in [2.75, 3.05) is 7.05 Å². The monoisotopic (exact) mass is 311 g/mol. The maximum Gasteiger partial charge on any atom is 0.207 e. The van der Waals surface area contributed by atoms with Crippen LogP contribution in [-0.2, 0) is 13.2 Å². The Morgan fingerprint density at radius 2 is 1.64 bits per heavy atom. The molecule has 1 heterocycles. The van der Waals surface area contributed by atoms with Crippen LogP contribution in [0.5, 0.6) is 0 Å². The van der Waals surface area contributed by atoms with Gasteiger partial charge in [-0.3, -0.25) is 4.57 Å². The van der Waals surface area contributed by atoms with Crippen LogP contribution in [0.15, 0.2) is 67.0 Å². The van der Waals surface area contributed by atoms with Gasteiger partial charge >= 0.3 is 0 Å². The summed E-state index contributed by atoms with van der Waals surface area (Å²) in [7, 11) is 2.15. The third-order valence-electron chi connectivity index (χ3n) is 3.54. The number of rotatable bonds is 5. The average molecular weight is 311 g/mol. The normalized spacial score (nSPS) is 12.2. The third kappa shape index (κ3) is 3.32. The van der Waals surface area contributed by atoms with Crippen molar-refractivity contribution >= 4 is 12.2 Å². The molecule has 0 aliphatic carbocycles. The summed E-state index contributed by atoms with van der Waals surface area (Å²) in [5.74, 6) is 0. The molecule has 1 unspecified atom stereocenters. The smallest absolute Gasteiger partial charge is 0.207 e. The molecule has 0 saturated heterocycles. The van der Waals surface area contributed by atoms with Gasteiger partial charge in [-0.15, -0.1) is 0 Å². The summed E-state index contributed by atoms with van der Waals surface area (Å²) in [5, 5.41) is 4.43. The molecule has 0 amide bonds. The van der Waals surface area contributed by atoms with Crippen LogP contribution in [0.1, 0.15) is 5.56 Å². The van der Waals surface area contributed by atoms with Gasteiger partial charge in [0.1, 0.15) is 12.9 Å². The van der Waals surface area contributed by atoms with Gasteiger partial charge < -0.3 is 4.90 Å². The van der Waals surface area contributed by atoms with E-state index in [1.165, 1.54) is 10.5 Å². The Hall–Kier alpha value is -2.24. The predicted molar refractivity (Wildman–Crippen MR) is 89.4 cm³/mol. The summed E-state index contributed by atoms with van der Waals surface area (Å²) in [5.41, 5.74) is 2.36. The first kappa shape index (κ1) is 14.7. The van der Waals surface area contributed by atoms with Crippen molar-refractivity contribution in [1.29, 1.82) is 0 Å². The van der Waals surface area contributed by atoms with Crippen LogP contribution in [0.4, 0.5) is 0 Å². The molecular weight excluding hydrogens is 292 g/mol. The number of nitrogens with one attached hydrogen (secondary N) is 1. The zero-order chi connectivity index (χ0) is 15.4. The highest BCUT2D eigenvalue weighted by Gasteiger charge is 2.09. The molecule has 0 aliphatic rings. The molecule has 0 bridgehead atoms. The minimum absolute atomic E-state index is 0.721. The highest BCUT2D eigenvalue weighted by Crippen LogP contribution is 2.07. The van der Waals surface area contributed by atoms with Crippen LogP contribution in [0, 0.1) is 4.77 Å². The van der Waals surface area contributed by atoms with Gasteiger partial charge in [-0.05, 0) is 24.4 Å². The predicted octanol–water partition coefficient (Wildman–Crippen LogP) is 2.08. The van der Waals surface area contributed by atoms with E-state index in [-0.39, 0.29) is 0 Å². The van der Waals surface area contributed by atoms with Crippen LogP contribution in [0.3, 0.4) is 0 Å². The van der Waals surface area contributed by atoms with Crippen molar-refractivity contribution in [3.8, 4) is 5.69 Å². The number of nitrogens with zero attached hydrogens (tertiary/aromatic N) is 3. The van der Waals surface area contributed by atoms with E-state index in [9.17, 15) is 0 Å². The van der Waals surface area contributed by atoms with Crippen molar-refractivity contribution in [1.82, 2.24) is 14.3 Å². The molecule has 5 heteroatoms. The molecule has 1 aromatic heterocycles. The average Bonchev–Trinajstić information content (AvgIpc) is 2.90. The van der Waals surface area contributed by atoms with Crippen LogP contribution in [0.2, 0.25) is 0 Å².